The molecule has 1 unspecified atom stereocenters. The van der Waals surface area contributed by atoms with Gasteiger partial charge in [0.1, 0.15) is 22.9 Å². The first-order valence-electron chi connectivity index (χ1n) is 11.6. The largest absolute Gasteiger partial charge is 0.490 e. The van der Waals surface area contributed by atoms with Gasteiger partial charge in [0.05, 0.1) is 16.1 Å². The number of ketones is 1. The Morgan fingerprint density at radius 1 is 1.19 bits per heavy atom. The standard InChI is InChI=1S/C25H29N3O3S/c1-3-4-5-22(29)23-14-21-24(32-23)25(30)28(15-26-21)16-8-10-19(11-9-16)31-20-12-17-6-7-18(13-20)27(17)2/h8-11,14-15,17-18,20H,3-7,12-13H2,1-2H3/t17-,18+,20?. The fourth-order valence-electron chi connectivity index (χ4n) is 5.03. The molecule has 2 fully saturated rings. The number of benzene rings is 1. The maximum Gasteiger partial charge on any atom is 0.275 e. The molecule has 0 spiro atoms. The highest BCUT2D eigenvalue weighted by molar-refractivity contribution is 7.20. The number of hydrogen-bond acceptors (Lipinski definition) is 6. The number of fused-ring (bicyclic) bond motifs is 3. The molecule has 2 saturated heterocycles. The van der Waals surface area contributed by atoms with E-state index in [1.54, 1.807) is 17.0 Å². The lowest BCUT2D eigenvalue weighted by Crippen LogP contribution is -2.43. The van der Waals surface area contributed by atoms with Crippen LogP contribution in [0.5, 0.6) is 5.75 Å². The summed E-state index contributed by atoms with van der Waals surface area (Å²) >= 11 is 1.25. The van der Waals surface area contributed by atoms with Gasteiger partial charge in [0.2, 0.25) is 0 Å². The quantitative estimate of drug-likeness (QED) is 0.482. The number of nitrogens with zero attached hydrogens (tertiary/aromatic N) is 3. The van der Waals surface area contributed by atoms with Gasteiger partial charge < -0.3 is 9.64 Å². The van der Waals surface area contributed by atoms with Gasteiger partial charge >= 0.3 is 0 Å². The number of Topliss-reactive ketones (excluding diaryl/α,β-unsaturated/α-hetero) is 1. The molecule has 7 heteroatoms. The molecule has 3 aromatic rings. The minimum Gasteiger partial charge on any atom is -0.490 e. The molecule has 0 N–H and O–H groups in total. The topological polar surface area (TPSA) is 64.4 Å². The van der Waals surface area contributed by atoms with E-state index in [-0.39, 0.29) is 17.4 Å². The lowest BCUT2D eigenvalue weighted by atomic mass is 10.0. The Kier molecular flexibility index (Phi) is 5.86. The summed E-state index contributed by atoms with van der Waals surface area (Å²) in [5, 5.41) is 0. The lowest BCUT2D eigenvalue weighted by molar-refractivity contribution is 0.0661. The van der Waals surface area contributed by atoms with Crippen LogP contribution >= 0.6 is 11.3 Å². The van der Waals surface area contributed by atoms with Crippen molar-refractivity contribution in [3.63, 3.8) is 0 Å². The number of piperidine rings is 1. The summed E-state index contributed by atoms with van der Waals surface area (Å²) in [6.45, 7) is 2.06. The Balaban J connectivity index is 1.33. The highest BCUT2D eigenvalue weighted by Gasteiger charge is 2.39. The van der Waals surface area contributed by atoms with Crippen LogP contribution in [0.2, 0.25) is 0 Å². The van der Waals surface area contributed by atoms with E-state index in [1.807, 2.05) is 24.3 Å². The van der Waals surface area contributed by atoms with E-state index in [9.17, 15) is 9.59 Å². The molecule has 2 aromatic heterocycles. The predicted molar refractivity (Wildman–Crippen MR) is 127 cm³/mol. The van der Waals surface area contributed by atoms with E-state index < -0.39 is 0 Å². The van der Waals surface area contributed by atoms with Crippen LogP contribution in [0.25, 0.3) is 15.9 Å². The molecule has 168 valence electrons. The van der Waals surface area contributed by atoms with Crippen LogP contribution in [0.1, 0.15) is 61.5 Å². The number of carbonyl (C=O) groups is 1. The van der Waals surface area contributed by atoms with Crippen molar-refractivity contribution in [3.8, 4) is 11.4 Å². The molecule has 32 heavy (non-hydrogen) atoms. The lowest BCUT2D eigenvalue weighted by Gasteiger charge is -2.36. The second-order valence-corrected chi connectivity index (χ2v) is 10.1. The van der Waals surface area contributed by atoms with Crippen molar-refractivity contribution in [2.75, 3.05) is 7.05 Å². The van der Waals surface area contributed by atoms with Crippen LogP contribution in [0.15, 0.2) is 41.5 Å². The van der Waals surface area contributed by atoms with Gasteiger partial charge in [-0.25, -0.2) is 4.98 Å². The fourth-order valence-corrected chi connectivity index (χ4v) is 6.04. The van der Waals surface area contributed by atoms with Crippen molar-refractivity contribution in [3.05, 3.63) is 51.9 Å². The zero-order chi connectivity index (χ0) is 22.2. The summed E-state index contributed by atoms with van der Waals surface area (Å²) in [7, 11) is 2.23. The smallest absolute Gasteiger partial charge is 0.275 e. The molecule has 2 bridgehead atoms. The van der Waals surface area contributed by atoms with Gasteiger partial charge in [-0.15, -0.1) is 11.3 Å². The second-order valence-electron chi connectivity index (χ2n) is 9.03. The van der Waals surface area contributed by atoms with Crippen molar-refractivity contribution < 1.29 is 9.53 Å². The molecule has 0 amide bonds. The van der Waals surface area contributed by atoms with Gasteiger partial charge in [-0.05, 0) is 69.5 Å². The number of thiophene rings is 1. The molecule has 0 radical (unpaired) electrons. The first kappa shape index (κ1) is 21.3. The van der Waals surface area contributed by atoms with Crippen molar-refractivity contribution in [1.29, 1.82) is 0 Å². The van der Waals surface area contributed by atoms with Crippen molar-refractivity contribution in [2.45, 2.75) is 70.1 Å². The van der Waals surface area contributed by atoms with Crippen molar-refractivity contribution in [1.82, 2.24) is 14.5 Å². The van der Waals surface area contributed by atoms with Crippen LogP contribution < -0.4 is 10.3 Å². The van der Waals surface area contributed by atoms with E-state index in [4.69, 9.17) is 4.74 Å². The summed E-state index contributed by atoms with van der Waals surface area (Å²) in [6, 6.07) is 10.7. The first-order chi connectivity index (χ1) is 15.5. The molecule has 1 aromatic carbocycles. The molecule has 2 aliphatic rings. The van der Waals surface area contributed by atoms with Crippen LogP contribution in [0, 0.1) is 0 Å². The summed E-state index contributed by atoms with van der Waals surface area (Å²) in [4.78, 5) is 33.0. The molecule has 0 aliphatic carbocycles. The molecule has 3 atom stereocenters. The highest BCUT2D eigenvalue weighted by Crippen LogP contribution is 2.36. The van der Waals surface area contributed by atoms with E-state index >= 15 is 0 Å². The third-order valence-electron chi connectivity index (χ3n) is 6.94. The average molecular weight is 452 g/mol. The van der Waals surface area contributed by atoms with E-state index in [2.05, 4.69) is 23.9 Å². The Morgan fingerprint density at radius 3 is 2.59 bits per heavy atom. The minimum absolute atomic E-state index is 0.0876. The van der Waals surface area contributed by atoms with Gasteiger partial charge in [0.15, 0.2) is 5.78 Å². The maximum absolute atomic E-state index is 13.1. The molecule has 4 heterocycles. The molecular weight excluding hydrogens is 422 g/mol. The number of rotatable bonds is 7. The van der Waals surface area contributed by atoms with Gasteiger partial charge in [-0.1, -0.05) is 13.3 Å². The van der Waals surface area contributed by atoms with E-state index in [0.717, 1.165) is 37.1 Å². The van der Waals surface area contributed by atoms with Crippen LogP contribution in [-0.2, 0) is 0 Å². The van der Waals surface area contributed by atoms with Crippen LogP contribution in [-0.4, -0.2) is 45.5 Å². The van der Waals surface area contributed by atoms with Crippen molar-refractivity contribution >= 4 is 27.3 Å². The van der Waals surface area contributed by atoms with Gasteiger partial charge in [0, 0.05) is 18.5 Å². The minimum atomic E-state index is -0.143. The Labute approximate surface area is 191 Å². The molecule has 5 rings (SSSR count). The Morgan fingerprint density at radius 2 is 1.91 bits per heavy atom. The zero-order valence-corrected chi connectivity index (χ0v) is 19.4. The molecule has 6 nitrogen and oxygen atoms in total. The third-order valence-corrected chi connectivity index (χ3v) is 8.10. The van der Waals surface area contributed by atoms with Crippen molar-refractivity contribution in [2.24, 2.45) is 0 Å². The summed E-state index contributed by atoms with van der Waals surface area (Å²) in [5.74, 6) is 0.925. The maximum atomic E-state index is 13.1. The Bertz CT molecular complexity index is 1170. The van der Waals surface area contributed by atoms with Gasteiger partial charge in [-0.2, -0.15) is 0 Å². The number of carbonyl (C=O) groups excluding carboxylic acids is 1. The van der Waals surface area contributed by atoms with Crippen LogP contribution in [0.4, 0.5) is 0 Å². The number of unbranched alkanes of at least 4 members (excludes halogenated alkanes) is 1. The number of aromatic nitrogens is 2. The van der Waals surface area contributed by atoms with Gasteiger partial charge in [0.25, 0.3) is 5.56 Å². The predicted octanol–water partition coefficient (Wildman–Crippen LogP) is 4.82. The summed E-state index contributed by atoms with van der Waals surface area (Å²) < 4.78 is 8.34. The Hall–Kier alpha value is -2.51. The first-order valence-corrected chi connectivity index (χ1v) is 12.4. The van der Waals surface area contributed by atoms with E-state index in [0.29, 0.717) is 33.6 Å². The summed E-state index contributed by atoms with van der Waals surface area (Å²) in [6.07, 6.45) is 8.84. The highest BCUT2D eigenvalue weighted by atomic mass is 32.1. The zero-order valence-electron chi connectivity index (χ0n) is 18.6. The summed E-state index contributed by atoms with van der Waals surface area (Å²) in [5.41, 5.74) is 1.19. The van der Waals surface area contributed by atoms with Crippen LogP contribution in [0.3, 0.4) is 0 Å². The molecular formula is C25H29N3O3S. The second kappa shape index (κ2) is 8.79. The molecule has 2 aliphatic heterocycles. The molecule has 0 saturated carbocycles. The SMILES string of the molecule is CCCCC(=O)c1cc2ncn(-c3ccc(OC4C[C@H]5CC[C@@H](C4)N5C)cc3)c(=O)c2s1. The van der Waals surface area contributed by atoms with E-state index in [1.165, 1.54) is 24.2 Å². The average Bonchev–Trinajstić information content (AvgIpc) is 3.31. The van der Waals surface area contributed by atoms with Gasteiger partial charge in [-0.3, -0.25) is 14.2 Å². The number of ether oxygens (including phenoxy) is 1. The normalized spacial score (nSPS) is 23.0. The third kappa shape index (κ3) is 3.99. The monoisotopic (exact) mass is 451 g/mol. The fraction of sp³-hybridized carbons (Fsp3) is 0.480. The number of hydrogen-bond donors (Lipinski definition) is 0.